The van der Waals surface area contributed by atoms with Crippen molar-refractivity contribution in [3.05, 3.63) is 0 Å². The van der Waals surface area contributed by atoms with Crippen LogP contribution < -0.4 is 0 Å². The highest BCUT2D eigenvalue weighted by Gasteiger charge is 2.13. The lowest BCUT2D eigenvalue weighted by atomic mass is 10.1. The molecular weight excluding hydrogens is 202 g/mol. The van der Waals surface area contributed by atoms with Crippen LogP contribution in [0.5, 0.6) is 0 Å². The third-order valence-electron chi connectivity index (χ3n) is 1.29. The average molecular weight is 214 g/mol. The van der Waals surface area contributed by atoms with E-state index in [-0.39, 0.29) is 5.38 Å². The SMILES string of the molecule is CCC(C)(Cl)C#CC(Cl)CCl. The van der Waals surface area contributed by atoms with Crippen molar-refractivity contribution in [1.82, 2.24) is 0 Å². The molecule has 2 atom stereocenters. The summed E-state index contributed by atoms with van der Waals surface area (Å²) in [5.74, 6) is 5.97. The van der Waals surface area contributed by atoms with Gasteiger partial charge >= 0.3 is 0 Å². The quantitative estimate of drug-likeness (QED) is 0.488. The molecule has 0 amide bonds. The van der Waals surface area contributed by atoms with Crippen LogP contribution in [0, 0.1) is 11.8 Å². The molecule has 0 fully saturated rings. The van der Waals surface area contributed by atoms with Gasteiger partial charge in [0.2, 0.25) is 0 Å². The Morgan fingerprint density at radius 2 is 2.09 bits per heavy atom. The molecule has 0 N–H and O–H groups in total. The van der Waals surface area contributed by atoms with Crippen LogP contribution in [0.4, 0.5) is 0 Å². The van der Waals surface area contributed by atoms with Crippen molar-refractivity contribution in [2.75, 3.05) is 5.88 Å². The predicted octanol–water partition coefficient (Wildman–Crippen LogP) is 3.24. The number of halogens is 3. The summed E-state index contributed by atoms with van der Waals surface area (Å²) in [6.45, 7) is 3.84. The van der Waals surface area contributed by atoms with E-state index < -0.39 is 4.87 Å². The van der Waals surface area contributed by atoms with E-state index in [2.05, 4.69) is 11.8 Å². The van der Waals surface area contributed by atoms with Gasteiger partial charge in [-0.2, -0.15) is 0 Å². The van der Waals surface area contributed by atoms with Crippen LogP contribution in [0.25, 0.3) is 0 Å². The normalized spacial score (nSPS) is 17.9. The van der Waals surface area contributed by atoms with Gasteiger partial charge in [-0.15, -0.1) is 34.8 Å². The smallest absolute Gasteiger partial charge is 0.108 e. The van der Waals surface area contributed by atoms with Gasteiger partial charge in [-0.3, -0.25) is 0 Å². The Labute approximate surface area is 83.2 Å². The fourth-order valence-corrected chi connectivity index (χ4v) is 0.542. The lowest BCUT2D eigenvalue weighted by molar-refractivity contribution is 0.765. The van der Waals surface area contributed by atoms with Gasteiger partial charge in [0.05, 0.1) is 0 Å². The first kappa shape index (κ1) is 11.4. The van der Waals surface area contributed by atoms with Crippen molar-refractivity contribution in [3.63, 3.8) is 0 Å². The molecule has 0 spiro atoms. The van der Waals surface area contributed by atoms with E-state index in [9.17, 15) is 0 Å². The Morgan fingerprint density at radius 3 is 2.45 bits per heavy atom. The standard InChI is InChI=1S/C8H11Cl3/c1-3-8(2,11)5-4-7(10)6-9/h7H,3,6H2,1-2H3. The Kier molecular flexibility index (Phi) is 5.34. The van der Waals surface area contributed by atoms with Crippen LogP contribution in [0.1, 0.15) is 20.3 Å². The second-order valence-corrected chi connectivity index (χ2v) is 4.11. The molecule has 0 radical (unpaired) electrons. The first-order valence-corrected chi connectivity index (χ1v) is 4.78. The van der Waals surface area contributed by atoms with Gasteiger partial charge in [-0.25, -0.2) is 0 Å². The van der Waals surface area contributed by atoms with E-state index in [4.69, 9.17) is 34.8 Å². The van der Waals surface area contributed by atoms with Gasteiger partial charge in [-0.1, -0.05) is 18.8 Å². The largest absolute Gasteiger partial charge is 0.124 e. The van der Waals surface area contributed by atoms with Gasteiger partial charge in [0.1, 0.15) is 10.3 Å². The molecule has 0 saturated heterocycles. The van der Waals surface area contributed by atoms with E-state index in [1.54, 1.807) is 0 Å². The summed E-state index contributed by atoms with van der Waals surface area (Å²) < 4.78 is 0. The molecule has 0 saturated carbocycles. The monoisotopic (exact) mass is 212 g/mol. The summed E-state index contributed by atoms with van der Waals surface area (Å²) in [6, 6.07) is 0. The van der Waals surface area contributed by atoms with Crippen molar-refractivity contribution >= 4 is 34.8 Å². The first-order chi connectivity index (χ1) is 5.02. The van der Waals surface area contributed by atoms with Crippen molar-refractivity contribution in [1.29, 1.82) is 0 Å². The van der Waals surface area contributed by atoms with Crippen molar-refractivity contribution in [2.24, 2.45) is 0 Å². The second-order valence-electron chi connectivity index (χ2n) is 2.44. The summed E-state index contributed by atoms with van der Waals surface area (Å²) in [7, 11) is 0. The number of hydrogen-bond acceptors (Lipinski definition) is 0. The van der Waals surface area contributed by atoms with Crippen LogP contribution >= 0.6 is 34.8 Å². The number of hydrogen-bond donors (Lipinski definition) is 0. The first-order valence-electron chi connectivity index (χ1n) is 3.43. The second kappa shape index (κ2) is 5.14. The van der Waals surface area contributed by atoms with Gasteiger partial charge in [0.25, 0.3) is 0 Å². The maximum absolute atomic E-state index is 5.95. The van der Waals surface area contributed by atoms with Crippen LogP contribution in [0.15, 0.2) is 0 Å². The zero-order chi connectivity index (χ0) is 8.91. The zero-order valence-electron chi connectivity index (χ0n) is 6.63. The van der Waals surface area contributed by atoms with Gasteiger partial charge in [-0.05, 0) is 13.3 Å². The molecule has 0 nitrogen and oxygen atoms in total. The van der Waals surface area contributed by atoms with E-state index in [1.807, 2.05) is 13.8 Å². The molecule has 2 unspecified atom stereocenters. The summed E-state index contributed by atoms with van der Waals surface area (Å²) in [5, 5.41) is -0.290. The molecule has 0 heterocycles. The molecule has 11 heavy (non-hydrogen) atoms. The minimum atomic E-state index is -0.459. The van der Waals surface area contributed by atoms with Crippen molar-refractivity contribution in [3.8, 4) is 11.8 Å². The Bertz CT molecular complexity index is 164. The van der Waals surface area contributed by atoms with Gasteiger partial charge in [0.15, 0.2) is 0 Å². The molecule has 0 aromatic heterocycles. The van der Waals surface area contributed by atoms with Gasteiger partial charge in [0, 0.05) is 5.88 Å². The summed E-state index contributed by atoms with van der Waals surface area (Å²) >= 11 is 17.1. The predicted molar refractivity (Wildman–Crippen MR) is 52.7 cm³/mol. The van der Waals surface area contributed by atoms with Crippen LogP contribution in [-0.4, -0.2) is 16.1 Å². The Balaban J connectivity index is 4.05. The molecule has 0 rings (SSSR count). The fourth-order valence-electron chi connectivity index (χ4n) is 0.356. The number of alkyl halides is 3. The minimum Gasteiger partial charge on any atom is -0.124 e. The van der Waals surface area contributed by atoms with E-state index in [1.165, 1.54) is 0 Å². The molecule has 64 valence electrons. The van der Waals surface area contributed by atoms with Gasteiger partial charge < -0.3 is 0 Å². The fraction of sp³-hybridized carbons (Fsp3) is 0.750. The van der Waals surface area contributed by atoms with E-state index in [0.29, 0.717) is 5.88 Å². The maximum atomic E-state index is 5.95. The van der Waals surface area contributed by atoms with Crippen molar-refractivity contribution in [2.45, 2.75) is 30.5 Å². The molecule has 3 heteroatoms. The molecule has 0 aliphatic carbocycles. The Hall–Kier alpha value is 0.430. The van der Waals surface area contributed by atoms with E-state index in [0.717, 1.165) is 6.42 Å². The summed E-state index contributed by atoms with van der Waals surface area (Å²) in [5.41, 5.74) is 0. The highest BCUT2D eigenvalue weighted by Crippen LogP contribution is 2.16. The van der Waals surface area contributed by atoms with Crippen LogP contribution in [0.2, 0.25) is 0 Å². The third kappa shape index (κ3) is 5.67. The lowest BCUT2D eigenvalue weighted by Gasteiger charge is -2.10. The summed E-state index contributed by atoms with van der Waals surface area (Å²) in [4.78, 5) is -0.459. The highest BCUT2D eigenvalue weighted by atomic mass is 35.5. The molecule has 0 aromatic rings. The lowest BCUT2D eigenvalue weighted by Crippen LogP contribution is -2.11. The van der Waals surface area contributed by atoms with Crippen LogP contribution in [0.3, 0.4) is 0 Å². The molecule has 0 bridgehead atoms. The molecular formula is C8H11Cl3. The average Bonchev–Trinajstić information content (AvgIpc) is 2.00. The molecule has 0 aliphatic heterocycles. The maximum Gasteiger partial charge on any atom is 0.108 e. The van der Waals surface area contributed by atoms with Crippen molar-refractivity contribution < 1.29 is 0 Å². The highest BCUT2D eigenvalue weighted by molar-refractivity contribution is 6.29. The molecule has 0 aliphatic rings. The zero-order valence-corrected chi connectivity index (χ0v) is 8.89. The summed E-state index contributed by atoms with van der Waals surface area (Å²) in [6.07, 6.45) is 0.799. The Morgan fingerprint density at radius 1 is 1.55 bits per heavy atom. The minimum absolute atomic E-state index is 0.290. The third-order valence-corrected chi connectivity index (χ3v) is 2.38. The van der Waals surface area contributed by atoms with Crippen LogP contribution in [-0.2, 0) is 0 Å². The molecule has 0 aromatic carbocycles. The number of rotatable bonds is 2. The van der Waals surface area contributed by atoms with E-state index >= 15 is 0 Å². The topological polar surface area (TPSA) is 0 Å².